The van der Waals surface area contributed by atoms with Gasteiger partial charge in [0, 0.05) is 43.0 Å². The molecule has 1 N–H and O–H groups in total. The average Bonchev–Trinajstić information content (AvgIpc) is 2.71. The van der Waals surface area contributed by atoms with E-state index in [1.165, 1.54) is 10.1 Å². The van der Waals surface area contributed by atoms with Gasteiger partial charge in [-0.15, -0.1) is 0 Å². The maximum Gasteiger partial charge on any atom is 0.261 e. The lowest BCUT2D eigenvalue weighted by Gasteiger charge is -2.09. The molecule has 0 saturated carbocycles. The Morgan fingerprint density at radius 2 is 1.93 bits per heavy atom. The second-order valence-corrected chi connectivity index (χ2v) is 7.98. The van der Waals surface area contributed by atoms with Gasteiger partial charge < -0.3 is 5.32 Å². The number of carbonyl (C=O) groups excluding carboxylic acids is 1. The Labute approximate surface area is 173 Å². The van der Waals surface area contributed by atoms with Gasteiger partial charge in [-0.25, -0.2) is 4.98 Å². The molecular weight excluding hydrogens is 394 g/mol. The third-order valence-corrected chi connectivity index (χ3v) is 5.68. The van der Waals surface area contributed by atoms with Crippen molar-refractivity contribution in [1.29, 1.82) is 0 Å². The molecule has 0 radical (unpaired) electrons. The molecule has 0 saturated heterocycles. The van der Waals surface area contributed by atoms with Crippen LogP contribution in [0.5, 0.6) is 0 Å². The molecule has 0 aliphatic rings. The first-order chi connectivity index (χ1) is 13.5. The van der Waals surface area contributed by atoms with E-state index in [-0.39, 0.29) is 11.5 Å². The number of nitrogens with one attached hydrogen (secondary N) is 1. The van der Waals surface area contributed by atoms with Crippen molar-refractivity contribution in [3.63, 3.8) is 0 Å². The summed E-state index contributed by atoms with van der Waals surface area (Å²) in [6.07, 6.45) is 0.737. The predicted octanol–water partition coefficient (Wildman–Crippen LogP) is 3.57. The first-order valence-corrected chi connectivity index (χ1v) is 10.6. The van der Waals surface area contributed by atoms with Gasteiger partial charge >= 0.3 is 0 Å². The van der Waals surface area contributed by atoms with E-state index in [0.717, 1.165) is 16.5 Å². The SMILES string of the molecule is Cn1c(CCC(=O)NCCSCc2ccc(Cl)cc2)nc2ccccc2c1=O. The van der Waals surface area contributed by atoms with Crippen molar-refractivity contribution >= 4 is 40.2 Å². The van der Waals surface area contributed by atoms with E-state index >= 15 is 0 Å². The zero-order chi connectivity index (χ0) is 19.9. The lowest BCUT2D eigenvalue weighted by atomic mass is 10.2. The molecule has 7 heteroatoms. The second-order valence-electron chi connectivity index (χ2n) is 6.44. The molecular formula is C21H22ClN3O2S. The van der Waals surface area contributed by atoms with Crippen LogP contribution in [0.1, 0.15) is 17.8 Å². The van der Waals surface area contributed by atoms with E-state index < -0.39 is 0 Å². The van der Waals surface area contributed by atoms with Crippen molar-refractivity contribution in [2.75, 3.05) is 12.3 Å². The van der Waals surface area contributed by atoms with Gasteiger partial charge in [0.2, 0.25) is 5.91 Å². The van der Waals surface area contributed by atoms with Crippen molar-refractivity contribution in [3.8, 4) is 0 Å². The fourth-order valence-corrected chi connectivity index (χ4v) is 3.78. The van der Waals surface area contributed by atoms with E-state index in [1.54, 1.807) is 24.9 Å². The summed E-state index contributed by atoms with van der Waals surface area (Å²) in [5, 5.41) is 4.25. The van der Waals surface area contributed by atoms with E-state index in [4.69, 9.17) is 11.6 Å². The summed E-state index contributed by atoms with van der Waals surface area (Å²) in [4.78, 5) is 29.0. The number of halogens is 1. The zero-order valence-corrected chi connectivity index (χ0v) is 17.2. The number of aromatic nitrogens is 2. The summed E-state index contributed by atoms with van der Waals surface area (Å²) in [6, 6.07) is 15.0. The zero-order valence-electron chi connectivity index (χ0n) is 15.7. The molecule has 0 spiro atoms. The summed E-state index contributed by atoms with van der Waals surface area (Å²) < 4.78 is 1.53. The Morgan fingerprint density at radius 1 is 1.18 bits per heavy atom. The van der Waals surface area contributed by atoms with E-state index in [0.29, 0.717) is 36.1 Å². The van der Waals surface area contributed by atoms with Gasteiger partial charge in [-0.3, -0.25) is 14.2 Å². The van der Waals surface area contributed by atoms with Crippen molar-refractivity contribution in [2.45, 2.75) is 18.6 Å². The fraction of sp³-hybridized carbons (Fsp3) is 0.286. The standard InChI is InChI=1S/C21H22ClN3O2S/c1-25-19(24-18-5-3-2-4-17(18)21(25)27)10-11-20(26)23-12-13-28-14-15-6-8-16(22)9-7-15/h2-9H,10-14H2,1H3,(H,23,26). The second kappa shape index (κ2) is 9.75. The number of aryl methyl sites for hydroxylation is 1. The van der Waals surface area contributed by atoms with Gasteiger partial charge in [0.25, 0.3) is 5.56 Å². The minimum atomic E-state index is -0.0837. The normalized spacial score (nSPS) is 10.9. The van der Waals surface area contributed by atoms with Crippen LogP contribution in [0.15, 0.2) is 53.3 Å². The van der Waals surface area contributed by atoms with Gasteiger partial charge in [0.15, 0.2) is 0 Å². The third-order valence-electron chi connectivity index (χ3n) is 4.40. The highest BCUT2D eigenvalue weighted by Gasteiger charge is 2.09. The first kappa shape index (κ1) is 20.4. The highest BCUT2D eigenvalue weighted by atomic mass is 35.5. The number of para-hydroxylation sites is 1. The van der Waals surface area contributed by atoms with Crippen LogP contribution in [-0.4, -0.2) is 27.8 Å². The minimum absolute atomic E-state index is 0.0329. The number of carbonyl (C=O) groups is 1. The van der Waals surface area contributed by atoms with Gasteiger partial charge in [-0.2, -0.15) is 11.8 Å². The lowest BCUT2D eigenvalue weighted by molar-refractivity contribution is -0.120. The van der Waals surface area contributed by atoms with E-state index in [1.807, 2.05) is 42.5 Å². The number of fused-ring (bicyclic) bond motifs is 1. The number of benzene rings is 2. The van der Waals surface area contributed by atoms with Crippen LogP contribution in [0.25, 0.3) is 10.9 Å². The Kier molecular flexibility index (Phi) is 7.12. The molecule has 5 nitrogen and oxygen atoms in total. The Morgan fingerprint density at radius 3 is 2.71 bits per heavy atom. The molecule has 1 amide bonds. The summed E-state index contributed by atoms with van der Waals surface area (Å²) in [5.41, 5.74) is 1.79. The molecule has 1 heterocycles. The molecule has 28 heavy (non-hydrogen) atoms. The molecule has 1 aromatic heterocycles. The quantitative estimate of drug-likeness (QED) is 0.571. The van der Waals surface area contributed by atoms with Crippen LogP contribution in [-0.2, 0) is 24.0 Å². The van der Waals surface area contributed by atoms with Crippen molar-refractivity contribution < 1.29 is 4.79 Å². The summed E-state index contributed by atoms with van der Waals surface area (Å²) >= 11 is 7.63. The largest absolute Gasteiger partial charge is 0.355 e. The van der Waals surface area contributed by atoms with Gasteiger partial charge in [-0.05, 0) is 29.8 Å². The minimum Gasteiger partial charge on any atom is -0.355 e. The van der Waals surface area contributed by atoms with Crippen molar-refractivity contribution in [3.05, 3.63) is 75.3 Å². The molecule has 0 atom stereocenters. The van der Waals surface area contributed by atoms with Crippen LogP contribution in [0.4, 0.5) is 0 Å². The molecule has 3 aromatic rings. The molecule has 146 valence electrons. The van der Waals surface area contributed by atoms with Gasteiger partial charge in [-0.1, -0.05) is 35.9 Å². The highest BCUT2D eigenvalue weighted by Crippen LogP contribution is 2.15. The van der Waals surface area contributed by atoms with Crippen LogP contribution >= 0.6 is 23.4 Å². The first-order valence-electron chi connectivity index (χ1n) is 9.08. The van der Waals surface area contributed by atoms with Crippen LogP contribution < -0.4 is 10.9 Å². The maximum atomic E-state index is 12.4. The van der Waals surface area contributed by atoms with Gasteiger partial charge in [0.1, 0.15) is 5.82 Å². The number of hydrogen-bond donors (Lipinski definition) is 1. The fourth-order valence-electron chi connectivity index (χ4n) is 2.83. The molecule has 0 aliphatic heterocycles. The van der Waals surface area contributed by atoms with Crippen molar-refractivity contribution in [2.24, 2.45) is 7.05 Å². The third kappa shape index (κ3) is 5.36. The molecule has 3 rings (SSSR count). The smallest absolute Gasteiger partial charge is 0.261 e. The highest BCUT2D eigenvalue weighted by molar-refractivity contribution is 7.98. The summed E-state index contributed by atoms with van der Waals surface area (Å²) in [7, 11) is 1.70. The molecule has 0 fully saturated rings. The molecule has 0 aliphatic carbocycles. The van der Waals surface area contributed by atoms with E-state index in [9.17, 15) is 9.59 Å². The number of nitrogens with zero attached hydrogens (tertiary/aromatic N) is 2. The summed E-state index contributed by atoms with van der Waals surface area (Å²) in [6.45, 7) is 0.612. The van der Waals surface area contributed by atoms with Crippen molar-refractivity contribution in [1.82, 2.24) is 14.9 Å². The molecule has 0 unspecified atom stereocenters. The maximum absolute atomic E-state index is 12.4. The van der Waals surface area contributed by atoms with Crippen LogP contribution in [0.3, 0.4) is 0 Å². The number of amides is 1. The summed E-state index contributed by atoms with van der Waals surface area (Å²) in [5.74, 6) is 2.31. The topological polar surface area (TPSA) is 64.0 Å². The molecule has 0 bridgehead atoms. The predicted molar refractivity (Wildman–Crippen MR) is 116 cm³/mol. The van der Waals surface area contributed by atoms with Gasteiger partial charge in [0.05, 0.1) is 10.9 Å². The number of hydrogen-bond acceptors (Lipinski definition) is 4. The Bertz CT molecular complexity index is 1020. The van der Waals surface area contributed by atoms with E-state index in [2.05, 4.69) is 10.3 Å². The van der Waals surface area contributed by atoms with Crippen LogP contribution in [0, 0.1) is 0 Å². The Hall–Kier alpha value is -2.31. The monoisotopic (exact) mass is 415 g/mol. The Balaban J connectivity index is 1.43. The number of thioether (sulfide) groups is 1. The average molecular weight is 416 g/mol. The van der Waals surface area contributed by atoms with Crippen LogP contribution in [0.2, 0.25) is 5.02 Å². The number of rotatable bonds is 8. The molecule has 2 aromatic carbocycles. The lowest BCUT2D eigenvalue weighted by Crippen LogP contribution is -2.28.